The summed E-state index contributed by atoms with van der Waals surface area (Å²) < 4.78 is 5.63. The van der Waals surface area contributed by atoms with Crippen molar-refractivity contribution in [3.8, 4) is 11.3 Å². The molecule has 0 spiro atoms. The molecule has 138 valence electrons. The molecule has 0 saturated carbocycles. The maximum absolute atomic E-state index is 12.8. The summed E-state index contributed by atoms with van der Waals surface area (Å²) in [4.78, 5) is 21.4. The summed E-state index contributed by atoms with van der Waals surface area (Å²) in [6.07, 6.45) is 1.79. The number of carbonyl (C=O) groups is 1. The molecule has 0 aliphatic carbocycles. The van der Waals surface area contributed by atoms with Crippen LogP contribution in [0.5, 0.6) is 0 Å². The normalized spacial score (nSPS) is 16.5. The van der Waals surface area contributed by atoms with E-state index in [2.05, 4.69) is 29.1 Å². The maximum Gasteiger partial charge on any atom is 0.254 e. The van der Waals surface area contributed by atoms with E-state index in [-0.39, 0.29) is 12.0 Å². The van der Waals surface area contributed by atoms with Crippen LogP contribution in [0.4, 0.5) is 0 Å². The summed E-state index contributed by atoms with van der Waals surface area (Å²) in [7, 11) is 2.09. The van der Waals surface area contributed by atoms with Gasteiger partial charge >= 0.3 is 0 Å². The van der Waals surface area contributed by atoms with Gasteiger partial charge in [-0.2, -0.15) is 0 Å². The molecule has 5 heteroatoms. The van der Waals surface area contributed by atoms with Gasteiger partial charge in [0.2, 0.25) is 0 Å². The van der Waals surface area contributed by atoms with Gasteiger partial charge in [0.1, 0.15) is 0 Å². The highest BCUT2D eigenvalue weighted by Gasteiger charge is 2.20. The number of carbonyl (C=O) groups excluding carboxylic acids is 1. The van der Waals surface area contributed by atoms with Crippen LogP contribution in [0.2, 0.25) is 0 Å². The van der Waals surface area contributed by atoms with E-state index < -0.39 is 0 Å². The van der Waals surface area contributed by atoms with Crippen molar-refractivity contribution in [1.82, 2.24) is 14.8 Å². The lowest BCUT2D eigenvalue weighted by Crippen LogP contribution is -2.47. The lowest BCUT2D eigenvalue weighted by Gasteiger charge is -2.32. The number of piperazine rings is 1. The first-order valence-corrected chi connectivity index (χ1v) is 9.24. The zero-order valence-electron chi connectivity index (χ0n) is 15.8. The van der Waals surface area contributed by atoms with Gasteiger partial charge in [-0.3, -0.25) is 9.78 Å². The smallest absolute Gasteiger partial charge is 0.254 e. The van der Waals surface area contributed by atoms with E-state index in [1.807, 2.05) is 36.9 Å². The van der Waals surface area contributed by atoms with Crippen molar-refractivity contribution >= 4 is 5.91 Å². The van der Waals surface area contributed by atoms with Gasteiger partial charge in [-0.05, 0) is 38.6 Å². The van der Waals surface area contributed by atoms with Gasteiger partial charge in [-0.25, -0.2) is 0 Å². The Morgan fingerprint density at radius 3 is 2.50 bits per heavy atom. The molecule has 0 radical (unpaired) electrons. The Hall–Kier alpha value is -2.24. The average Bonchev–Trinajstić information content (AvgIpc) is 2.68. The molecule has 1 atom stereocenters. The topological polar surface area (TPSA) is 45.7 Å². The second kappa shape index (κ2) is 8.43. The second-order valence-corrected chi connectivity index (χ2v) is 6.74. The molecule has 2 aromatic rings. The largest absolute Gasteiger partial charge is 0.374 e. The molecule has 2 heterocycles. The molecule has 3 rings (SSSR count). The number of benzene rings is 1. The van der Waals surface area contributed by atoms with Crippen LogP contribution >= 0.6 is 0 Å². The van der Waals surface area contributed by atoms with Crippen molar-refractivity contribution in [3.05, 3.63) is 53.7 Å². The Morgan fingerprint density at radius 2 is 1.85 bits per heavy atom. The Morgan fingerprint density at radius 1 is 1.15 bits per heavy atom. The van der Waals surface area contributed by atoms with E-state index in [0.717, 1.165) is 43.0 Å². The molecule has 1 fully saturated rings. The number of likely N-dealkylation sites (N-methyl/N-ethyl adjacent to an activating group) is 1. The predicted molar refractivity (Wildman–Crippen MR) is 103 cm³/mol. The molecule has 0 unspecified atom stereocenters. The van der Waals surface area contributed by atoms with Crippen molar-refractivity contribution in [3.63, 3.8) is 0 Å². The fraction of sp³-hybridized carbons (Fsp3) is 0.429. The number of hydrogen-bond acceptors (Lipinski definition) is 4. The van der Waals surface area contributed by atoms with Crippen LogP contribution in [0.1, 0.15) is 35.9 Å². The number of ether oxygens (including phenoxy) is 1. The summed E-state index contributed by atoms with van der Waals surface area (Å²) in [6, 6.07) is 11.9. The van der Waals surface area contributed by atoms with Crippen molar-refractivity contribution in [2.45, 2.75) is 20.0 Å². The number of amides is 1. The van der Waals surface area contributed by atoms with Crippen LogP contribution in [0, 0.1) is 0 Å². The average molecular weight is 353 g/mol. The first-order chi connectivity index (χ1) is 12.6. The van der Waals surface area contributed by atoms with Crippen LogP contribution in [0.15, 0.2) is 42.6 Å². The summed E-state index contributed by atoms with van der Waals surface area (Å²) in [5.74, 6) is 0.0864. The Bertz CT molecular complexity index is 737. The minimum atomic E-state index is 0.0761. The minimum absolute atomic E-state index is 0.0761. The fourth-order valence-electron chi connectivity index (χ4n) is 3.18. The first kappa shape index (κ1) is 18.5. The zero-order valence-corrected chi connectivity index (χ0v) is 15.8. The second-order valence-electron chi connectivity index (χ2n) is 6.74. The molecule has 1 aromatic heterocycles. The van der Waals surface area contributed by atoms with Crippen molar-refractivity contribution in [1.29, 1.82) is 0 Å². The molecule has 5 nitrogen and oxygen atoms in total. The molecule has 0 N–H and O–H groups in total. The standard InChI is InChI=1S/C21H27N3O2/c1-4-26-16(2)17-5-7-18(8-6-17)20-15-19(9-10-22-20)21(25)24-13-11-23(3)12-14-24/h5-10,15-16H,4,11-14H2,1-3H3/t16-/m1/s1. The number of pyridine rings is 1. The van der Waals surface area contributed by atoms with E-state index in [1.165, 1.54) is 0 Å². The highest BCUT2D eigenvalue weighted by molar-refractivity contribution is 5.95. The number of rotatable bonds is 5. The molecular formula is C21H27N3O2. The number of aromatic nitrogens is 1. The quantitative estimate of drug-likeness (QED) is 0.828. The van der Waals surface area contributed by atoms with E-state index in [1.54, 1.807) is 12.3 Å². The number of hydrogen-bond donors (Lipinski definition) is 0. The zero-order chi connectivity index (χ0) is 18.5. The van der Waals surface area contributed by atoms with E-state index >= 15 is 0 Å². The van der Waals surface area contributed by atoms with Crippen LogP contribution in [-0.2, 0) is 4.74 Å². The van der Waals surface area contributed by atoms with Gasteiger partial charge in [0.15, 0.2) is 0 Å². The summed E-state index contributed by atoms with van der Waals surface area (Å²) >= 11 is 0. The molecule has 1 aliphatic heterocycles. The third-order valence-corrected chi connectivity index (χ3v) is 4.89. The van der Waals surface area contributed by atoms with Crippen molar-refractivity contribution in [2.75, 3.05) is 39.8 Å². The van der Waals surface area contributed by atoms with Gasteiger partial charge in [0, 0.05) is 50.1 Å². The summed E-state index contributed by atoms with van der Waals surface area (Å²) in [5.41, 5.74) is 3.66. The van der Waals surface area contributed by atoms with Crippen LogP contribution in [0.3, 0.4) is 0 Å². The molecule has 1 aliphatic rings. The molecule has 1 saturated heterocycles. The van der Waals surface area contributed by atoms with Crippen LogP contribution < -0.4 is 0 Å². The lowest BCUT2D eigenvalue weighted by atomic mass is 10.0. The molecule has 1 amide bonds. The van der Waals surface area contributed by atoms with Gasteiger partial charge in [0.05, 0.1) is 11.8 Å². The molecular weight excluding hydrogens is 326 g/mol. The van der Waals surface area contributed by atoms with E-state index in [4.69, 9.17) is 4.74 Å². The molecule has 0 bridgehead atoms. The molecule has 26 heavy (non-hydrogen) atoms. The number of nitrogens with zero attached hydrogens (tertiary/aromatic N) is 3. The van der Waals surface area contributed by atoms with Gasteiger partial charge < -0.3 is 14.5 Å². The Kier molecular flexibility index (Phi) is 6.01. The Balaban J connectivity index is 1.75. The van der Waals surface area contributed by atoms with Crippen LogP contribution in [-0.4, -0.2) is 60.5 Å². The Labute approximate surface area is 155 Å². The summed E-state index contributed by atoms with van der Waals surface area (Å²) in [6.45, 7) is 8.13. The molecule has 1 aromatic carbocycles. The van der Waals surface area contributed by atoms with Gasteiger partial charge in [-0.15, -0.1) is 0 Å². The fourth-order valence-corrected chi connectivity index (χ4v) is 3.18. The highest BCUT2D eigenvalue weighted by Crippen LogP contribution is 2.23. The van der Waals surface area contributed by atoms with Crippen molar-refractivity contribution < 1.29 is 9.53 Å². The summed E-state index contributed by atoms with van der Waals surface area (Å²) in [5, 5.41) is 0. The lowest BCUT2D eigenvalue weighted by molar-refractivity contribution is 0.0664. The first-order valence-electron chi connectivity index (χ1n) is 9.24. The monoisotopic (exact) mass is 353 g/mol. The SMILES string of the molecule is CCO[C@H](C)c1ccc(-c2cc(C(=O)N3CCN(C)CC3)ccn2)cc1. The van der Waals surface area contributed by atoms with Crippen LogP contribution in [0.25, 0.3) is 11.3 Å². The third kappa shape index (κ3) is 4.29. The maximum atomic E-state index is 12.8. The highest BCUT2D eigenvalue weighted by atomic mass is 16.5. The van der Waals surface area contributed by atoms with Gasteiger partial charge in [-0.1, -0.05) is 24.3 Å². The predicted octanol–water partition coefficient (Wildman–Crippen LogP) is 3.23. The van der Waals surface area contributed by atoms with Gasteiger partial charge in [0.25, 0.3) is 5.91 Å². The van der Waals surface area contributed by atoms with Crippen molar-refractivity contribution in [2.24, 2.45) is 0 Å². The minimum Gasteiger partial charge on any atom is -0.374 e. The van der Waals surface area contributed by atoms with E-state index in [9.17, 15) is 4.79 Å². The van der Waals surface area contributed by atoms with E-state index in [0.29, 0.717) is 12.2 Å². The third-order valence-electron chi connectivity index (χ3n) is 4.89.